The smallest absolute Gasteiger partial charge is 0.285 e. The lowest BCUT2D eigenvalue weighted by Crippen LogP contribution is -2.38. The Bertz CT molecular complexity index is 1150. The monoisotopic (exact) mass is 496 g/mol. The Morgan fingerprint density at radius 3 is 2.53 bits per heavy atom. The van der Waals surface area contributed by atoms with Crippen molar-refractivity contribution in [3.8, 4) is 17.2 Å². The van der Waals surface area contributed by atoms with Crippen LogP contribution in [0.1, 0.15) is 0 Å². The number of aliphatic imine (C=N–C) groups is 1. The third-order valence-corrected chi connectivity index (χ3v) is 8.57. The van der Waals surface area contributed by atoms with Crippen molar-refractivity contribution in [2.24, 2.45) is 4.99 Å². The number of carbonyl (C=O) groups excluding carboxylic acids is 1. The summed E-state index contributed by atoms with van der Waals surface area (Å²) >= 11 is 7.14. The molecule has 0 radical (unpaired) electrons. The Balaban J connectivity index is 1.63. The quantitative estimate of drug-likeness (QED) is 0.602. The van der Waals surface area contributed by atoms with Gasteiger partial charge < -0.3 is 19.1 Å². The number of benzene rings is 2. The first-order valence-electron chi connectivity index (χ1n) is 9.68. The summed E-state index contributed by atoms with van der Waals surface area (Å²) in [6, 6.07) is 11.5. The molecule has 0 N–H and O–H groups in total. The zero-order valence-corrected chi connectivity index (χ0v) is 19.7. The molecule has 0 aromatic heterocycles. The van der Waals surface area contributed by atoms with E-state index in [1.807, 2.05) is 0 Å². The second-order valence-corrected chi connectivity index (χ2v) is 11.0. The van der Waals surface area contributed by atoms with Crippen molar-refractivity contribution >= 4 is 50.0 Å². The summed E-state index contributed by atoms with van der Waals surface area (Å²) in [7, 11) is -0.125. The molecule has 2 fully saturated rings. The standard InChI is InChI=1S/C21H21ClN2O6S2/c1-28-15-7-8-18(29-2)16(9-15)24-17-11-32(26,27)12-19(17)31-21(24)23-20(25)10-30-14-5-3-13(22)4-6-14/h3-9,17,19H,10-12H2,1-2H3/t17-,19+/m1/s1. The molecule has 2 aliphatic rings. The third kappa shape index (κ3) is 4.82. The molecule has 170 valence electrons. The summed E-state index contributed by atoms with van der Waals surface area (Å²) < 4.78 is 40.9. The molecule has 2 aliphatic heterocycles. The number of hydrogen-bond donors (Lipinski definition) is 0. The minimum Gasteiger partial charge on any atom is -0.497 e. The fraction of sp³-hybridized carbons (Fsp3) is 0.333. The van der Waals surface area contributed by atoms with Crippen molar-refractivity contribution in [3.63, 3.8) is 0 Å². The molecule has 0 unspecified atom stereocenters. The minimum absolute atomic E-state index is 0.0274. The van der Waals surface area contributed by atoms with Gasteiger partial charge in [-0.25, -0.2) is 8.42 Å². The average molecular weight is 497 g/mol. The zero-order chi connectivity index (χ0) is 22.9. The molecule has 32 heavy (non-hydrogen) atoms. The van der Waals surface area contributed by atoms with E-state index < -0.39 is 15.7 Å². The van der Waals surface area contributed by atoms with Gasteiger partial charge in [0.15, 0.2) is 21.6 Å². The normalized spacial score (nSPS) is 22.6. The van der Waals surface area contributed by atoms with E-state index in [2.05, 4.69) is 4.99 Å². The summed E-state index contributed by atoms with van der Waals surface area (Å²) in [5, 5.41) is 0.737. The molecule has 0 bridgehead atoms. The van der Waals surface area contributed by atoms with Crippen molar-refractivity contribution < 1.29 is 27.4 Å². The van der Waals surface area contributed by atoms with Crippen LogP contribution < -0.4 is 19.1 Å². The zero-order valence-electron chi connectivity index (χ0n) is 17.4. The topological polar surface area (TPSA) is 94.5 Å². The maximum absolute atomic E-state index is 12.6. The molecular weight excluding hydrogens is 476 g/mol. The lowest BCUT2D eigenvalue weighted by Gasteiger charge is -2.26. The molecule has 2 aromatic rings. The van der Waals surface area contributed by atoms with Gasteiger partial charge in [0.2, 0.25) is 0 Å². The van der Waals surface area contributed by atoms with Gasteiger partial charge in [0.1, 0.15) is 17.2 Å². The number of nitrogens with zero attached hydrogens (tertiary/aromatic N) is 2. The van der Waals surface area contributed by atoms with Gasteiger partial charge in [-0.15, -0.1) is 0 Å². The van der Waals surface area contributed by atoms with Crippen LogP contribution >= 0.6 is 23.4 Å². The van der Waals surface area contributed by atoms with Crippen LogP contribution in [0.5, 0.6) is 17.2 Å². The van der Waals surface area contributed by atoms with Gasteiger partial charge in [0.05, 0.1) is 37.5 Å². The van der Waals surface area contributed by atoms with Crippen LogP contribution in [0, 0.1) is 0 Å². The van der Waals surface area contributed by atoms with E-state index in [4.69, 9.17) is 25.8 Å². The molecular formula is C21H21ClN2O6S2. The highest BCUT2D eigenvalue weighted by atomic mass is 35.5. The molecule has 11 heteroatoms. The second-order valence-electron chi connectivity index (χ2n) is 7.24. The maximum atomic E-state index is 12.6. The Hall–Kier alpha value is -2.43. The van der Waals surface area contributed by atoms with E-state index in [1.165, 1.54) is 18.9 Å². The van der Waals surface area contributed by atoms with Crippen molar-refractivity contribution in [1.82, 2.24) is 0 Å². The number of amides is 1. The lowest BCUT2D eigenvalue weighted by molar-refractivity contribution is -0.119. The fourth-order valence-corrected chi connectivity index (χ4v) is 7.70. The summed E-state index contributed by atoms with van der Waals surface area (Å²) in [5.41, 5.74) is 0.592. The highest BCUT2D eigenvalue weighted by Gasteiger charge is 2.50. The van der Waals surface area contributed by atoms with Crippen molar-refractivity contribution in [2.45, 2.75) is 11.3 Å². The van der Waals surface area contributed by atoms with E-state index >= 15 is 0 Å². The predicted molar refractivity (Wildman–Crippen MR) is 125 cm³/mol. The van der Waals surface area contributed by atoms with Crippen LogP contribution in [0.25, 0.3) is 0 Å². The number of halogens is 1. The van der Waals surface area contributed by atoms with Crippen LogP contribution in [-0.4, -0.2) is 63.1 Å². The Kier molecular flexibility index (Phi) is 6.55. The second kappa shape index (κ2) is 9.21. The Labute approximate surface area is 195 Å². The largest absolute Gasteiger partial charge is 0.497 e. The summed E-state index contributed by atoms with van der Waals surface area (Å²) in [6.07, 6.45) is 0. The van der Waals surface area contributed by atoms with Gasteiger partial charge in [-0.3, -0.25) is 4.79 Å². The number of anilines is 1. The molecule has 0 spiro atoms. The molecule has 2 atom stereocenters. The molecule has 2 saturated heterocycles. The van der Waals surface area contributed by atoms with Crippen molar-refractivity contribution in [1.29, 1.82) is 0 Å². The minimum atomic E-state index is -3.19. The number of thioether (sulfide) groups is 1. The highest BCUT2D eigenvalue weighted by Crippen LogP contribution is 2.44. The fourth-order valence-electron chi connectivity index (χ4n) is 3.65. The SMILES string of the molecule is COc1ccc(OC)c(N2C(=NC(=O)COc3ccc(Cl)cc3)S[C@H]3CS(=O)(=O)C[C@H]32)c1. The molecule has 4 rings (SSSR count). The van der Waals surface area contributed by atoms with E-state index in [0.717, 1.165) is 0 Å². The average Bonchev–Trinajstić information content (AvgIpc) is 3.23. The first kappa shape index (κ1) is 22.8. The number of methoxy groups -OCH3 is 2. The van der Waals surface area contributed by atoms with E-state index in [9.17, 15) is 13.2 Å². The van der Waals surface area contributed by atoms with Crippen LogP contribution in [0.3, 0.4) is 0 Å². The van der Waals surface area contributed by atoms with E-state index in [0.29, 0.717) is 33.1 Å². The van der Waals surface area contributed by atoms with Crippen LogP contribution in [0.4, 0.5) is 5.69 Å². The van der Waals surface area contributed by atoms with Gasteiger partial charge >= 0.3 is 0 Å². The summed E-state index contributed by atoms with van der Waals surface area (Å²) in [4.78, 5) is 18.6. The molecule has 0 saturated carbocycles. The van der Waals surface area contributed by atoms with Gasteiger partial charge in [0.25, 0.3) is 5.91 Å². The number of fused-ring (bicyclic) bond motifs is 1. The molecule has 8 nitrogen and oxygen atoms in total. The Morgan fingerprint density at radius 1 is 1.12 bits per heavy atom. The number of amidine groups is 1. The predicted octanol–water partition coefficient (Wildman–Crippen LogP) is 3.04. The number of ether oxygens (including phenoxy) is 3. The molecule has 2 heterocycles. The molecule has 1 amide bonds. The van der Waals surface area contributed by atoms with E-state index in [1.54, 1.807) is 54.5 Å². The first-order valence-corrected chi connectivity index (χ1v) is 12.8. The lowest BCUT2D eigenvalue weighted by atomic mass is 10.2. The van der Waals surface area contributed by atoms with Gasteiger partial charge in [-0.05, 0) is 36.4 Å². The number of carbonyl (C=O) groups is 1. The van der Waals surface area contributed by atoms with Crippen LogP contribution in [-0.2, 0) is 14.6 Å². The highest BCUT2D eigenvalue weighted by molar-refractivity contribution is 8.16. The number of rotatable bonds is 6. The first-order chi connectivity index (χ1) is 15.3. The summed E-state index contributed by atoms with van der Waals surface area (Å²) in [5.74, 6) is 1.10. The number of hydrogen-bond acceptors (Lipinski definition) is 7. The van der Waals surface area contributed by atoms with Crippen molar-refractivity contribution in [2.75, 3.05) is 37.2 Å². The third-order valence-electron chi connectivity index (χ3n) is 5.11. The van der Waals surface area contributed by atoms with Gasteiger partial charge in [-0.2, -0.15) is 4.99 Å². The maximum Gasteiger partial charge on any atom is 0.285 e. The Morgan fingerprint density at radius 2 is 1.84 bits per heavy atom. The van der Waals surface area contributed by atoms with Crippen molar-refractivity contribution in [3.05, 3.63) is 47.5 Å². The molecule has 2 aromatic carbocycles. The van der Waals surface area contributed by atoms with Gasteiger partial charge in [0, 0.05) is 16.3 Å². The number of sulfone groups is 1. The van der Waals surface area contributed by atoms with Gasteiger partial charge in [-0.1, -0.05) is 23.4 Å². The van der Waals surface area contributed by atoms with E-state index in [-0.39, 0.29) is 29.4 Å². The van der Waals surface area contributed by atoms with Crippen LogP contribution in [0.15, 0.2) is 47.5 Å². The van der Waals surface area contributed by atoms with Crippen LogP contribution in [0.2, 0.25) is 5.02 Å². The molecule has 0 aliphatic carbocycles. The summed E-state index contributed by atoms with van der Waals surface area (Å²) in [6.45, 7) is -0.261.